The molecule has 1 rings (SSSR count). The number of amides is 1. The van der Waals surface area contributed by atoms with Crippen molar-refractivity contribution in [2.75, 3.05) is 0 Å². The first-order valence-electron chi connectivity index (χ1n) is 4.32. The molecule has 1 aromatic rings. The van der Waals surface area contributed by atoms with Gasteiger partial charge in [-0.3, -0.25) is 9.48 Å². The van der Waals surface area contributed by atoms with Crippen LogP contribution in [0.4, 0.5) is 0 Å². The molecule has 1 amide bonds. The van der Waals surface area contributed by atoms with Crippen molar-refractivity contribution in [2.45, 2.75) is 26.8 Å². The molecule has 0 radical (unpaired) electrons. The average Bonchev–Trinajstić information content (AvgIpc) is 2.31. The van der Waals surface area contributed by atoms with Crippen molar-refractivity contribution < 1.29 is 4.79 Å². The third-order valence-corrected chi connectivity index (χ3v) is 1.77. The van der Waals surface area contributed by atoms with Gasteiger partial charge in [-0.25, -0.2) is 0 Å². The van der Waals surface area contributed by atoms with E-state index >= 15 is 0 Å². The van der Waals surface area contributed by atoms with Gasteiger partial charge in [-0.2, -0.15) is 5.10 Å². The first-order valence-corrected chi connectivity index (χ1v) is 4.32. The summed E-state index contributed by atoms with van der Waals surface area (Å²) in [6, 6.07) is 1.92. The second kappa shape index (κ2) is 3.60. The van der Waals surface area contributed by atoms with Crippen LogP contribution in [0.3, 0.4) is 0 Å². The van der Waals surface area contributed by atoms with E-state index in [1.54, 1.807) is 10.7 Å². The zero-order valence-corrected chi connectivity index (χ0v) is 8.46. The quantitative estimate of drug-likeness (QED) is 0.735. The predicted octanol–water partition coefficient (Wildman–Crippen LogP) is 0.867. The predicted molar refractivity (Wildman–Crippen MR) is 50.5 cm³/mol. The van der Waals surface area contributed by atoms with E-state index in [1.165, 1.54) is 0 Å². The van der Waals surface area contributed by atoms with Crippen LogP contribution in [-0.4, -0.2) is 21.7 Å². The third-order valence-electron chi connectivity index (χ3n) is 1.77. The van der Waals surface area contributed by atoms with Gasteiger partial charge in [0.15, 0.2) is 0 Å². The molecule has 0 saturated heterocycles. The number of aryl methyl sites for hydroxylation is 2. The normalized spacial score (nSPS) is 10.5. The number of carbonyl (C=O) groups excluding carboxylic acids is 1. The van der Waals surface area contributed by atoms with E-state index < -0.39 is 0 Å². The summed E-state index contributed by atoms with van der Waals surface area (Å²) in [7, 11) is 1.82. The molecule has 72 valence electrons. The fraction of sp³-hybridized carbons (Fsp3) is 0.556. The molecule has 0 aliphatic carbocycles. The summed E-state index contributed by atoms with van der Waals surface area (Å²) < 4.78 is 1.69. The van der Waals surface area contributed by atoms with Crippen LogP contribution in [0, 0.1) is 6.92 Å². The summed E-state index contributed by atoms with van der Waals surface area (Å²) in [4.78, 5) is 11.4. The minimum absolute atomic E-state index is 0.112. The van der Waals surface area contributed by atoms with Crippen LogP contribution in [0.5, 0.6) is 0 Å². The molecule has 1 N–H and O–H groups in total. The number of hydrogen-bond acceptors (Lipinski definition) is 2. The highest BCUT2D eigenvalue weighted by Crippen LogP contribution is 2.00. The highest BCUT2D eigenvalue weighted by molar-refractivity contribution is 5.92. The second-order valence-corrected chi connectivity index (χ2v) is 3.42. The van der Waals surface area contributed by atoms with Crippen LogP contribution < -0.4 is 5.32 Å². The zero-order chi connectivity index (χ0) is 10.0. The van der Waals surface area contributed by atoms with Crippen LogP contribution in [0.15, 0.2) is 6.07 Å². The average molecular weight is 181 g/mol. The maximum absolute atomic E-state index is 11.4. The lowest BCUT2D eigenvalue weighted by Gasteiger charge is -2.04. The smallest absolute Gasteiger partial charge is 0.271 e. The maximum atomic E-state index is 11.4. The molecule has 0 atom stereocenters. The zero-order valence-electron chi connectivity index (χ0n) is 8.46. The third kappa shape index (κ3) is 2.31. The maximum Gasteiger partial charge on any atom is 0.271 e. The topological polar surface area (TPSA) is 46.9 Å². The Labute approximate surface area is 77.9 Å². The summed E-state index contributed by atoms with van der Waals surface area (Å²) >= 11 is 0. The van der Waals surface area contributed by atoms with Gasteiger partial charge in [0.25, 0.3) is 5.91 Å². The minimum atomic E-state index is -0.112. The molecule has 0 aliphatic heterocycles. The van der Waals surface area contributed by atoms with Gasteiger partial charge in [-0.05, 0) is 26.8 Å². The van der Waals surface area contributed by atoms with Crippen LogP contribution in [-0.2, 0) is 7.05 Å². The van der Waals surface area contributed by atoms with Crippen molar-refractivity contribution in [1.29, 1.82) is 0 Å². The molecular weight excluding hydrogens is 166 g/mol. The monoisotopic (exact) mass is 181 g/mol. The van der Waals surface area contributed by atoms with Crippen molar-refractivity contribution in [3.63, 3.8) is 0 Å². The highest BCUT2D eigenvalue weighted by Gasteiger charge is 2.10. The summed E-state index contributed by atoms with van der Waals surface area (Å²) in [5, 5.41) is 6.85. The van der Waals surface area contributed by atoms with Gasteiger partial charge in [0.2, 0.25) is 0 Å². The standard InChI is InChI=1S/C9H15N3O/c1-6(2)10-9(13)8-5-7(3)12(4)11-8/h5-6H,1-4H3,(H,10,13). The lowest BCUT2D eigenvalue weighted by Crippen LogP contribution is -2.30. The first-order chi connectivity index (χ1) is 6.00. The molecule has 0 spiro atoms. The van der Waals surface area contributed by atoms with Gasteiger partial charge >= 0.3 is 0 Å². The summed E-state index contributed by atoms with van der Waals surface area (Å²) in [6.07, 6.45) is 0. The Kier molecular flexibility index (Phi) is 2.70. The van der Waals surface area contributed by atoms with Crippen molar-refractivity contribution >= 4 is 5.91 Å². The molecule has 1 aromatic heterocycles. The van der Waals surface area contributed by atoms with Gasteiger partial charge in [0.1, 0.15) is 5.69 Å². The number of rotatable bonds is 2. The molecule has 13 heavy (non-hydrogen) atoms. The lowest BCUT2D eigenvalue weighted by atomic mass is 10.3. The van der Waals surface area contributed by atoms with Gasteiger partial charge in [0.05, 0.1) is 0 Å². The largest absolute Gasteiger partial charge is 0.348 e. The number of nitrogens with zero attached hydrogens (tertiary/aromatic N) is 2. The van der Waals surface area contributed by atoms with Crippen LogP contribution in [0.25, 0.3) is 0 Å². The minimum Gasteiger partial charge on any atom is -0.348 e. The number of hydrogen-bond donors (Lipinski definition) is 1. The van der Waals surface area contributed by atoms with Crippen LogP contribution in [0.1, 0.15) is 30.0 Å². The van der Waals surface area contributed by atoms with E-state index in [1.807, 2.05) is 27.8 Å². The number of nitrogens with one attached hydrogen (secondary N) is 1. The van der Waals surface area contributed by atoms with Crippen molar-refractivity contribution in [3.05, 3.63) is 17.5 Å². The Morgan fingerprint density at radius 1 is 1.62 bits per heavy atom. The van der Waals surface area contributed by atoms with Crippen molar-refractivity contribution in [3.8, 4) is 0 Å². The Bertz CT molecular complexity index is 295. The van der Waals surface area contributed by atoms with E-state index in [2.05, 4.69) is 10.4 Å². The highest BCUT2D eigenvalue weighted by atomic mass is 16.2. The Hall–Kier alpha value is -1.32. The first kappa shape index (κ1) is 9.77. The van der Waals surface area contributed by atoms with Gasteiger partial charge in [-0.1, -0.05) is 0 Å². The van der Waals surface area contributed by atoms with Gasteiger partial charge in [0, 0.05) is 18.8 Å². The molecule has 0 bridgehead atoms. The Morgan fingerprint density at radius 2 is 2.23 bits per heavy atom. The van der Waals surface area contributed by atoms with E-state index in [4.69, 9.17) is 0 Å². The molecule has 0 aromatic carbocycles. The molecule has 1 heterocycles. The summed E-state index contributed by atoms with van der Waals surface area (Å²) in [5.41, 5.74) is 1.46. The van der Waals surface area contributed by atoms with Crippen LogP contribution in [0.2, 0.25) is 0 Å². The summed E-state index contributed by atoms with van der Waals surface area (Å²) in [6.45, 7) is 5.76. The molecule has 0 fully saturated rings. The molecule has 0 aliphatic rings. The Morgan fingerprint density at radius 3 is 2.62 bits per heavy atom. The molecule has 4 nitrogen and oxygen atoms in total. The van der Waals surface area contributed by atoms with E-state index in [0.29, 0.717) is 5.69 Å². The molecule has 0 saturated carbocycles. The Balaban J connectivity index is 2.77. The SMILES string of the molecule is Cc1cc(C(=O)NC(C)C)nn1C. The van der Waals surface area contributed by atoms with E-state index in [0.717, 1.165) is 5.69 Å². The molecule has 0 unspecified atom stereocenters. The fourth-order valence-corrected chi connectivity index (χ4v) is 1.01. The van der Waals surface area contributed by atoms with Crippen LogP contribution >= 0.6 is 0 Å². The van der Waals surface area contributed by atoms with Gasteiger partial charge in [-0.15, -0.1) is 0 Å². The van der Waals surface area contributed by atoms with E-state index in [9.17, 15) is 4.79 Å². The summed E-state index contributed by atoms with van der Waals surface area (Å²) in [5.74, 6) is -0.112. The fourth-order valence-electron chi connectivity index (χ4n) is 1.01. The number of aromatic nitrogens is 2. The van der Waals surface area contributed by atoms with E-state index in [-0.39, 0.29) is 11.9 Å². The van der Waals surface area contributed by atoms with Gasteiger partial charge < -0.3 is 5.32 Å². The lowest BCUT2D eigenvalue weighted by molar-refractivity contribution is 0.0937. The molecule has 4 heteroatoms. The second-order valence-electron chi connectivity index (χ2n) is 3.42. The van der Waals surface area contributed by atoms with Crippen molar-refractivity contribution in [2.24, 2.45) is 7.05 Å². The number of carbonyl (C=O) groups is 1. The van der Waals surface area contributed by atoms with Crippen molar-refractivity contribution in [1.82, 2.24) is 15.1 Å². The molecular formula is C9H15N3O.